The summed E-state index contributed by atoms with van der Waals surface area (Å²) in [6, 6.07) is 22.6. The van der Waals surface area contributed by atoms with Crippen LogP contribution >= 0.6 is 0 Å². The maximum absolute atomic E-state index is 13.3. The molecule has 4 amide bonds. The summed E-state index contributed by atoms with van der Waals surface area (Å²) in [5, 5.41) is 3.29. The monoisotopic (exact) mass is 576 g/mol. The summed E-state index contributed by atoms with van der Waals surface area (Å²) in [6.07, 6.45) is 0.864. The van der Waals surface area contributed by atoms with Crippen LogP contribution in [0.15, 0.2) is 72.8 Å². The van der Waals surface area contributed by atoms with Crippen LogP contribution in [0.3, 0.4) is 0 Å². The molecular weight excluding hydrogens is 540 g/mol. The van der Waals surface area contributed by atoms with Crippen molar-refractivity contribution in [2.24, 2.45) is 0 Å². The molecule has 4 aromatic rings. The third kappa shape index (κ3) is 5.21. The highest BCUT2D eigenvalue weighted by molar-refractivity contribution is 6.26. The first-order valence-corrected chi connectivity index (χ1v) is 14.9. The Balaban J connectivity index is 1.02. The number of carbonyl (C=O) groups excluding carboxylic acids is 4. The Bertz CT molecular complexity index is 1660. The van der Waals surface area contributed by atoms with Gasteiger partial charge in [0.25, 0.3) is 23.6 Å². The first-order valence-electron chi connectivity index (χ1n) is 14.9. The summed E-state index contributed by atoms with van der Waals surface area (Å²) in [5.74, 6) is -0.958. The highest BCUT2D eigenvalue weighted by Crippen LogP contribution is 2.31. The molecule has 0 saturated heterocycles. The average molecular weight is 577 g/mol. The topological polar surface area (TPSA) is 81.2 Å². The summed E-state index contributed by atoms with van der Waals surface area (Å²) in [4.78, 5) is 60.2. The minimum atomic E-state index is -0.241. The SMILES string of the molecule is CC(C)N(CCCN(C)CCN1C(=O)c2cccc3cccc(c23)C1=O)CCN1C(=O)c2cccc3cccc(c23)C1=O. The molecule has 220 valence electrons. The summed E-state index contributed by atoms with van der Waals surface area (Å²) < 4.78 is 0. The number of hydrogen-bond donors (Lipinski definition) is 0. The third-order valence-electron chi connectivity index (χ3n) is 8.74. The van der Waals surface area contributed by atoms with Gasteiger partial charge in [-0.2, -0.15) is 0 Å². The van der Waals surface area contributed by atoms with Crippen LogP contribution < -0.4 is 0 Å². The van der Waals surface area contributed by atoms with Crippen molar-refractivity contribution in [1.82, 2.24) is 19.6 Å². The van der Waals surface area contributed by atoms with Gasteiger partial charge in [0, 0.05) is 65.2 Å². The van der Waals surface area contributed by atoms with Crippen LogP contribution in [0.25, 0.3) is 21.5 Å². The molecule has 0 saturated carbocycles. The van der Waals surface area contributed by atoms with Gasteiger partial charge in [0.1, 0.15) is 0 Å². The Hall–Kier alpha value is -4.40. The van der Waals surface area contributed by atoms with Gasteiger partial charge in [0.15, 0.2) is 0 Å². The van der Waals surface area contributed by atoms with E-state index in [1.807, 2.05) is 55.6 Å². The van der Waals surface area contributed by atoms with Gasteiger partial charge in [-0.15, -0.1) is 0 Å². The van der Waals surface area contributed by atoms with Gasteiger partial charge in [-0.3, -0.25) is 33.9 Å². The van der Waals surface area contributed by atoms with Crippen molar-refractivity contribution in [1.29, 1.82) is 0 Å². The second kappa shape index (κ2) is 11.7. The zero-order valence-corrected chi connectivity index (χ0v) is 24.9. The van der Waals surface area contributed by atoms with E-state index in [2.05, 4.69) is 23.6 Å². The largest absolute Gasteiger partial charge is 0.305 e. The van der Waals surface area contributed by atoms with Crippen molar-refractivity contribution in [3.63, 3.8) is 0 Å². The van der Waals surface area contributed by atoms with E-state index < -0.39 is 0 Å². The molecule has 8 heteroatoms. The predicted octanol–water partition coefficient (Wildman–Crippen LogP) is 4.92. The van der Waals surface area contributed by atoms with Crippen LogP contribution in [0.5, 0.6) is 0 Å². The van der Waals surface area contributed by atoms with E-state index in [-0.39, 0.29) is 29.7 Å². The molecule has 8 nitrogen and oxygen atoms in total. The normalized spacial score (nSPS) is 14.8. The molecule has 0 aliphatic carbocycles. The second-order valence-electron chi connectivity index (χ2n) is 11.7. The summed E-state index contributed by atoms with van der Waals surface area (Å²) in [6.45, 7) is 7.60. The van der Waals surface area contributed by atoms with Crippen LogP contribution in [-0.2, 0) is 0 Å². The molecule has 4 aromatic carbocycles. The molecule has 2 heterocycles. The Kier molecular flexibility index (Phi) is 7.81. The van der Waals surface area contributed by atoms with Crippen LogP contribution in [0.4, 0.5) is 0 Å². The lowest BCUT2D eigenvalue weighted by molar-refractivity contribution is 0.0578. The standard InChI is InChI=1S/C35H36N4O4/c1-23(2)37(20-22-39-34(42)28-15-6-11-25-12-7-16-29(31(25)28)35(39)43)18-8-17-36(3)19-21-38-32(40)26-13-4-9-24-10-5-14-27(30(24)26)33(38)41/h4-7,9-16,23H,8,17-22H2,1-3H3. The Labute approximate surface area is 251 Å². The van der Waals surface area contributed by atoms with Crippen LogP contribution in [0.2, 0.25) is 0 Å². The molecule has 6 rings (SSSR count). The van der Waals surface area contributed by atoms with E-state index in [1.165, 1.54) is 9.80 Å². The summed E-state index contributed by atoms with van der Waals surface area (Å²) in [7, 11) is 2.00. The lowest BCUT2D eigenvalue weighted by atomic mass is 9.94. The molecule has 0 bridgehead atoms. The van der Waals surface area contributed by atoms with E-state index in [0.29, 0.717) is 48.4 Å². The van der Waals surface area contributed by atoms with E-state index in [0.717, 1.165) is 41.1 Å². The van der Waals surface area contributed by atoms with E-state index in [4.69, 9.17) is 0 Å². The zero-order valence-electron chi connectivity index (χ0n) is 24.9. The number of benzene rings is 4. The molecule has 0 fully saturated rings. The minimum Gasteiger partial charge on any atom is -0.305 e. The molecule has 2 aliphatic heterocycles. The summed E-state index contributed by atoms with van der Waals surface area (Å²) >= 11 is 0. The number of amides is 4. The first-order chi connectivity index (χ1) is 20.8. The fourth-order valence-corrected chi connectivity index (χ4v) is 6.35. The van der Waals surface area contributed by atoms with Gasteiger partial charge < -0.3 is 4.90 Å². The molecule has 2 aliphatic rings. The molecule has 43 heavy (non-hydrogen) atoms. The van der Waals surface area contributed by atoms with Crippen molar-refractivity contribution in [2.45, 2.75) is 26.3 Å². The quantitative estimate of drug-likeness (QED) is 0.236. The number of nitrogens with zero attached hydrogens (tertiary/aromatic N) is 4. The number of carbonyl (C=O) groups is 4. The fraction of sp³-hybridized carbons (Fsp3) is 0.314. The van der Waals surface area contributed by atoms with Gasteiger partial charge in [-0.05, 0) is 75.4 Å². The van der Waals surface area contributed by atoms with Gasteiger partial charge in [-0.1, -0.05) is 48.5 Å². The zero-order chi connectivity index (χ0) is 30.2. The molecule has 0 aromatic heterocycles. The van der Waals surface area contributed by atoms with Crippen molar-refractivity contribution < 1.29 is 19.2 Å². The highest BCUT2D eigenvalue weighted by atomic mass is 16.2. The Morgan fingerprint density at radius 2 is 0.953 bits per heavy atom. The summed E-state index contributed by atoms with van der Waals surface area (Å²) in [5.41, 5.74) is 2.31. The number of likely N-dealkylation sites (N-methyl/N-ethyl adjacent to an activating group) is 1. The van der Waals surface area contributed by atoms with Gasteiger partial charge >= 0.3 is 0 Å². The lowest BCUT2D eigenvalue weighted by Gasteiger charge is -2.32. The number of rotatable bonds is 11. The molecular formula is C35H36N4O4. The molecule has 0 radical (unpaired) electrons. The maximum atomic E-state index is 13.3. The average Bonchev–Trinajstić information content (AvgIpc) is 3.01. The van der Waals surface area contributed by atoms with Crippen LogP contribution in [0.1, 0.15) is 61.7 Å². The number of imide groups is 2. The van der Waals surface area contributed by atoms with Crippen LogP contribution in [0, 0.1) is 0 Å². The lowest BCUT2D eigenvalue weighted by Crippen LogP contribution is -2.46. The Morgan fingerprint density at radius 1 is 0.558 bits per heavy atom. The van der Waals surface area contributed by atoms with E-state index in [9.17, 15) is 19.2 Å². The molecule has 0 N–H and O–H groups in total. The fourth-order valence-electron chi connectivity index (χ4n) is 6.35. The molecule has 0 unspecified atom stereocenters. The maximum Gasteiger partial charge on any atom is 0.261 e. The smallest absolute Gasteiger partial charge is 0.261 e. The Morgan fingerprint density at radius 3 is 1.35 bits per heavy atom. The van der Waals surface area contributed by atoms with Crippen molar-refractivity contribution >= 4 is 45.2 Å². The van der Waals surface area contributed by atoms with E-state index in [1.54, 1.807) is 24.3 Å². The number of hydrogen-bond acceptors (Lipinski definition) is 6. The van der Waals surface area contributed by atoms with Crippen molar-refractivity contribution in [3.05, 3.63) is 95.1 Å². The molecule has 0 atom stereocenters. The first kappa shape index (κ1) is 28.7. The van der Waals surface area contributed by atoms with Gasteiger partial charge in [-0.25, -0.2) is 0 Å². The predicted molar refractivity (Wildman–Crippen MR) is 167 cm³/mol. The van der Waals surface area contributed by atoms with Crippen molar-refractivity contribution in [3.8, 4) is 0 Å². The molecule has 0 spiro atoms. The van der Waals surface area contributed by atoms with Crippen molar-refractivity contribution in [2.75, 3.05) is 46.3 Å². The van der Waals surface area contributed by atoms with Gasteiger partial charge in [0.2, 0.25) is 0 Å². The second-order valence-corrected chi connectivity index (χ2v) is 11.7. The highest BCUT2D eigenvalue weighted by Gasteiger charge is 2.34. The van der Waals surface area contributed by atoms with Gasteiger partial charge in [0.05, 0.1) is 0 Å². The minimum absolute atomic E-state index is 0.238. The third-order valence-corrected chi connectivity index (χ3v) is 8.74. The van der Waals surface area contributed by atoms with E-state index >= 15 is 0 Å². The van der Waals surface area contributed by atoms with Crippen LogP contribution in [-0.4, -0.2) is 95.6 Å².